The zero-order chi connectivity index (χ0) is 12.1. The summed E-state index contributed by atoms with van der Waals surface area (Å²) >= 11 is 13.1. The van der Waals surface area contributed by atoms with Crippen molar-refractivity contribution in [1.29, 1.82) is 0 Å². The number of halogens is 2. The SMILES string of the molecule is CSc1nc(Cl)c(CCNC(=O)O)c(Cl)n1. The lowest BCUT2D eigenvalue weighted by atomic mass is 10.2. The van der Waals surface area contributed by atoms with E-state index < -0.39 is 6.09 Å². The fourth-order valence-corrected chi connectivity index (χ4v) is 2.05. The maximum atomic E-state index is 10.2. The lowest BCUT2D eigenvalue weighted by Gasteiger charge is -2.06. The van der Waals surface area contributed by atoms with Gasteiger partial charge in [-0.1, -0.05) is 35.0 Å². The van der Waals surface area contributed by atoms with E-state index >= 15 is 0 Å². The summed E-state index contributed by atoms with van der Waals surface area (Å²) in [6.07, 6.45) is 1.08. The second-order valence-corrected chi connectivity index (χ2v) is 4.24. The summed E-state index contributed by atoms with van der Waals surface area (Å²) in [5.74, 6) is 0. The van der Waals surface area contributed by atoms with Crippen molar-refractivity contribution in [3.63, 3.8) is 0 Å². The van der Waals surface area contributed by atoms with E-state index in [4.69, 9.17) is 28.3 Å². The predicted octanol–water partition coefficient (Wildman–Crippen LogP) is 2.32. The van der Waals surface area contributed by atoms with Crippen LogP contribution in [-0.4, -0.2) is 34.0 Å². The summed E-state index contributed by atoms with van der Waals surface area (Å²) in [5.41, 5.74) is 0.551. The number of nitrogens with one attached hydrogen (secondary N) is 1. The van der Waals surface area contributed by atoms with Gasteiger partial charge in [-0.15, -0.1) is 0 Å². The van der Waals surface area contributed by atoms with E-state index in [0.29, 0.717) is 17.1 Å². The molecule has 1 rings (SSSR count). The third kappa shape index (κ3) is 3.70. The normalized spacial score (nSPS) is 10.2. The minimum Gasteiger partial charge on any atom is -0.465 e. The number of aromatic nitrogens is 2. The molecule has 1 aromatic rings. The number of hydrogen-bond donors (Lipinski definition) is 2. The van der Waals surface area contributed by atoms with Gasteiger partial charge in [-0.05, 0) is 12.7 Å². The summed E-state index contributed by atoms with van der Waals surface area (Å²) in [4.78, 5) is 18.3. The van der Waals surface area contributed by atoms with Crippen LogP contribution < -0.4 is 5.32 Å². The molecule has 0 aliphatic rings. The van der Waals surface area contributed by atoms with Crippen LogP contribution >= 0.6 is 35.0 Å². The number of hydrogen-bond acceptors (Lipinski definition) is 4. The molecule has 16 heavy (non-hydrogen) atoms. The summed E-state index contributed by atoms with van der Waals surface area (Å²) in [6, 6.07) is 0. The van der Waals surface area contributed by atoms with Crippen molar-refractivity contribution in [3.8, 4) is 0 Å². The fourth-order valence-electron chi connectivity index (χ4n) is 1.01. The molecule has 0 saturated carbocycles. The van der Waals surface area contributed by atoms with Crippen LogP contribution in [0.15, 0.2) is 5.16 Å². The molecule has 0 aliphatic carbocycles. The molecule has 0 saturated heterocycles. The number of carbonyl (C=O) groups is 1. The monoisotopic (exact) mass is 281 g/mol. The van der Waals surface area contributed by atoms with Gasteiger partial charge < -0.3 is 10.4 Å². The zero-order valence-electron chi connectivity index (χ0n) is 8.33. The van der Waals surface area contributed by atoms with Crippen LogP contribution in [0.5, 0.6) is 0 Å². The molecule has 0 aliphatic heterocycles. The van der Waals surface area contributed by atoms with E-state index in [1.165, 1.54) is 11.8 Å². The number of amides is 1. The van der Waals surface area contributed by atoms with Crippen LogP contribution in [-0.2, 0) is 6.42 Å². The molecule has 2 N–H and O–H groups in total. The molecule has 1 heterocycles. The number of thioether (sulfide) groups is 1. The molecule has 5 nitrogen and oxygen atoms in total. The number of rotatable bonds is 4. The van der Waals surface area contributed by atoms with Crippen molar-refractivity contribution in [3.05, 3.63) is 15.9 Å². The van der Waals surface area contributed by atoms with E-state index in [-0.39, 0.29) is 16.9 Å². The van der Waals surface area contributed by atoms with Crippen LogP contribution in [0.4, 0.5) is 4.79 Å². The van der Waals surface area contributed by atoms with Gasteiger partial charge in [0.1, 0.15) is 10.3 Å². The van der Waals surface area contributed by atoms with Crippen LogP contribution in [0.25, 0.3) is 0 Å². The van der Waals surface area contributed by atoms with Crippen LogP contribution in [0.1, 0.15) is 5.56 Å². The summed E-state index contributed by atoms with van der Waals surface area (Å²) in [5, 5.41) is 11.6. The van der Waals surface area contributed by atoms with Crippen molar-refractivity contribution in [2.45, 2.75) is 11.6 Å². The second kappa shape index (κ2) is 6.12. The van der Waals surface area contributed by atoms with Gasteiger partial charge in [0, 0.05) is 12.1 Å². The molecule has 0 radical (unpaired) electrons. The Hall–Kier alpha value is -0.720. The molecule has 0 bridgehead atoms. The molecule has 88 valence electrons. The highest BCUT2D eigenvalue weighted by Gasteiger charge is 2.11. The Balaban J connectivity index is 2.76. The molecule has 1 amide bonds. The molecular formula is C8H9Cl2N3O2S. The van der Waals surface area contributed by atoms with E-state index in [2.05, 4.69) is 15.3 Å². The Labute approximate surface area is 107 Å². The highest BCUT2D eigenvalue weighted by atomic mass is 35.5. The first kappa shape index (κ1) is 13.3. The van der Waals surface area contributed by atoms with Crippen molar-refractivity contribution >= 4 is 41.1 Å². The van der Waals surface area contributed by atoms with E-state index in [1.807, 2.05) is 6.26 Å². The third-order valence-electron chi connectivity index (χ3n) is 1.72. The highest BCUT2D eigenvalue weighted by molar-refractivity contribution is 7.98. The van der Waals surface area contributed by atoms with E-state index in [9.17, 15) is 4.79 Å². The summed E-state index contributed by atoms with van der Waals surface area (Å²) in [7, 11) is 0. The number of carboxylic acid groups (broad SMARTS) is 1. The Morgan fingerprint density at radius 3 is 2.44 bits per heavy atom. The minimum atomic E-state index is -1.09. The van der Waals surface area contributed by atoms with Gasteiger partial charge in [0.15, 0.2) is 5.16 Å². The average molecular weight is 282 g/mol. The van der Waals surface area contributed by atoms with E-state index in [1.54, 1.807) is 0 Å². The molecule has 0 aromatic carbocycles. The Morgan fingerprint density at radius 1 is 1.44 bits per heavy atom. The van der Waals surface area contributed by atoms with Gasteiger partial charge in [-0.25, -0.2) is 14.8 Å². The van der Waals surface area contributed by atoms with Crippen LogP contribution in [0, 0.1) is 0 Å². The molecule has 0 fully saturated rings. The lowest BCUT2D eigenvalue weighted by molar-refractivity contribution is 0.194. The van der Waals surface area contributed by atoms with Crippen molar-refractivity contribution in [2.24, 2.45) is 0 Å². The molecule has 0 unspecified atom stereocenters. The molecular weight excluding hydrogens is 273 g/mol. The summed E-state index contributed by atoms with van der Waals surface area (Å²) in [6.45, 7) is 0.219. The molecule has 0 spiro atoms. The first-order chi connectivity index (χ1) is 7.54. The zero-order valence-corrected chi connectivity index (χ0v) is 10.7. The largest absolute Gasteiger partial charge is 0.465 e. The molecule has 1 aromatic heterocycles. The Bertz CT molecular complexity index is 380. The third-order valence-corrected chi connectivity index (χ3v) is 2.89. The maximum absolute atomic E-state index is 10.2. The van der Waals surface area contributed by atoms with Crippen LogP contribution in [0.2, 0.25) is 10.3 Å². The smallest absolute Gasteiger partial charge is 0.404 e. The van der Waals surface area contributed by atoms with Crippen LogP contribution in [0.3, 0.4) is 0 Å². The lowest BCUT2D eigenvalue weighted by Crippen LogP contribution is -2.23. The van der Waals surface area contributed by atoms with Gasteiger partial charge in [-0.2, -0.15) is 0 Å². The molecule has 0 atom stereocenters. The first-order valence-electron chi connectivity index (χ1n) is 4.27. The van der Waals surface area contributed by atoms with E-state index in [0.717, 1.165) is 0 Å². The van der Waals surface area contributed by atoms with Gasteiger partial charge >= 0.3 is 6.09 Å². The topological polar surface area (TPSA) is 75.1 Å². The predicted molar refractivity (Wildman–Crippen MR) is 63.6 cm³/mol. The first-order valence-corrected chi connectivity index (χ1v) is 6.25. The van der Waals surface area contributed by atoms with Crippen molar-refractivity contribution < 1.29 is 9.90 Å². The highest BCUT2D eigenvalue weighted by Crippen LogP contribution is 2.24. The molecule has 8 heteroatoms. The number of nitrogens with zero attached hydrogens (tertiary/aromatic N) is 2. The second-order valence-electron chi connectivity index (χ2n) is 2.75. The van der Waals surface area contributed by atoms with Gasteiger partial charge in [-0.3, -0.25) is 0 Å². The van der Waals surface area contributed by atoms with Gasteiger partial charge in [0.25, 0.3) is 0 Å². The van der Waals surface area contributed by atoms with Crippen molar-refractivity contribution in [1.82, 2.24) is 15.3 Å². The Kier molecular flexibility index (Phi) is 5.11. The van der Waals surface area contributed by atoms with Gasteiger partial charge in [0.2, 0.25) is 0 Å². The average Bonchev–Trinajstić information content (AvgIpc) is 2.21. The fraction of sp³-hybridized carbons (Fsp3) is 0.375. The van der Waals surface area contributed by atoms with Crippen molar-refractivity contribution in [2.75, 3.05) is 12.8 Å². The standard InChI is InChI=1S/C8H9Cl2N3O2S/c1-16-7-12-5(9)4(6(10)13-7)2-3-11-8(14)15/h11H,2-3H2,1H3,(H,14,15). The quantitative estimate of drug-likeness (QED) is 0.503. The maximum Gasteiger partial charge on any atom is 0.404 e. The summed E-state index contributed by atoms with van der Waals surface area (Å²) < 4.78 is 0. The Morgan fingerprint density at radius 2 is 2.00 bits per heavy atom. The van der Waals surface area contributed by atoms with Gasteiger partial charge in [0.05, 0.1) is 0 Å². The minimum absolute atomic E-state index is 0.219.